The molecule has 0 aromatic heterocycles. The van der Waals surface area contributed by atoms with Gasteiger partial charge in [-0.1, -0.05) is 0 Å². The van der Waals surface area contributed by atoms with Crippen LogP contribution in [0.25, 0.3) is 0 Å². The summed E-state index contributed by atoms with van der Waals surface area (Å²) in [7, 11) is 0. The highest BCUT2D eigenvalue weighted by molar-refractivity contribution is 5.77. The molecule has 4 nitrogen and oxygen atoms in total. The van der Waals surface area contributed by atoms with Crippen LogP contribution in [-0.4, -0.2) is 49.2 Å². The first-order valence-corrected chi connectivity index (χ1v) is 6.78. The van der Waals surface area contributed by atoms with E-state index in [4.69, 9.17) is 4.74 Å². The topological polar surface area (TPSA) is 41.6 Å². The van der Waals surface area contributed by atoms with Crippen molar-refractivity contribution >= 4 is 5.91 Å². The molecule has 2 aliphatic heterocycles. The van der Waals surface area contributed by atoms with Gasteiger partial charge in [0.05, 0.1) is 18.8 Å². The number of ether oxygens (including phenoxy) is 1. The third-order valence-corrected chi connectivity index (χ3v) is 3.85. The Balaban J connectivity index is 1.85. The molecule has 4 heteroatoms. The number of nitrogens with zero attached hydrogens (tertiary/aromatic N) is 1. The second-order valence-corrected chi connectivity index (χ2v) is 5.44. The van der Waals surface area contributed by atoms with Crippen LogP contribution in [0.5, 0.6) is 0 Å². The lowest BCUT2D eigenvalue weighted by molar-refractivity contribution is -0.144. The van der Waals surface area contributed by atoms with E-state index in [1.807, 2.05) is 11.8 Å². The number of morpholine rings is 1. The molecule has 2 saturated heterocycles. The molecule has 0 spiro atoms. The molecule has 2 atom stereocenters. The van der Waals surface area contributed by atoms with Gasteiger partial charge in [-0.15, -0.1) is 0 Å². The molecule has 1 N–H and O–H groups in total. The Hall–Kier alpha value is -0.610. The molecule has 0 saturated carbocycles. The van der Waals surface area contributed by atoms with Gasteiger partial charge in [-0.2, -0.15) is 0 Å². The molecule has 0 bridgehead atoms. The molecule has 0 aromatic carbocycles. The Labute approximate surface area is 104 Å². The van der Waals surface area contributed by atoms with E-state index in [0.29, 0.717) is 18.4 Å². The fourth-order valence-electron chi connectivity index (χ4n) is 2.70. The Kier molecular flexibility index (Phi) is 4.40. The minimum Gasteiger partial charge on any atom is -0.375 e. The van der Waals surface area contributed by atoms with Crippen molar-refractivity contribution in [2.45, 2.75) is 45.3 Å². The maximum absolute atomic E-state index is 12.3. The van der Waals surface area contributed by atoms with Crippen molar-refractivity contribution in [3.63, 3.8) is 0 Å². The fraction of sp³-hybridized carbons (Fsp3) is 0.923. The lowest BCUT2D eigenvalue weighted by atomic mass is 9.93. The van der Waals surface area contributed by atoms with Crippen LogP contribution in [0.15, 0.2) is 0 Å². The molecule has 2 rings (SSSR count). The molecule has 2 heterocycles. The van der Waals surface area contributed by atoms with Crippen LogP contribution in [0.1, 0.15) is 33.1 Å². The van der Waals surface area contributed by atoms with Crippen molar-refractivity contribution in [3.05, 3.63) is 0 Å². The Morgan fingerprint density at radius 1 is 1.35 bits per heavy atom. The second kappa shape index (κ2) is 5.83. The second-order valence-electron chi connectivity index (χ2n) is 5.44. The summed E-state index contributed by atoms with van der Waals surface area (Å²) in [5.74, 6) is 0.897. The number of amides is 1. The highest BCUT2D eigenvalue weighted by Gasteiger charge is 2.29. The molecular formula is C13H24N2O2. The van der Waals surface area contributed by atoms with Crippen LogP contribution in [0, 0.1) is 5.92 Å². The van der Waals surface area contributed by atoms with Gasteiger partial charge in [0.15, 0.2) is 0 Å². The Morgan fingerprint density at radius 2 is 2.06 bits per heavy atom. The zero-order valence-electron chi connectivity index (χ0n) is 10.9. The average Bonchev–Trinajstić information content (AvgIpc) is 2.33. The van der Waals surface area contributed by atoms with Gasteiger partial charge in [0.25, 0.3) is 0 Å². The van der Waals surface area contributed by atoms with Crippen molar-refractivity contribution in [2.24, 2.45) is 5.92 Å². The molecule has 0 aliphatic carbocycles. The predicted molar refractivity (Wildman–Crippen MR) is 66.8 cm³/mol. The van der Waals surface area contributed by atoms with Crippen LogP contribution in [-0.2, 0) is 9.53 Å². The van der Waals surface area contributed by atoms with Gasteiger partial charge in [0.2, 0.25) is 5.91 Å². The minimum absolute atomic E-state index is 0.183. The highest BCUT2D eigenvalue weighted by Crippen LogP contribution is 2.20. The van der Waals surface area contributed by atoms with Crippen LogP contribution < -0.4 is 5.32 Å². The standard InChI is InChI=1S/C13H24N2O2/c1-10-9-17-11(2)8-15(10)13(16)7-12-3-5-14-6-4-12/h10-12,14H,3-9H2,1-2H3/t10-,11+/m0/s1. The van der Waals surface area contributed by atoms with E-state index in [1.54, 1.807) is 0 Å². The van der Waals surface area contributed by atoms with Gasteiger partial charge in [0, 0.05) is 13.0 Å². The zero-order valence-corrected chi connectivity index (χ0v) is 10.9. The van der Waals surface area contributed by atoms with Crippen LogP contribution >= 0.6 is 0 Å². The molecule has 2 aliphatic rings. The van der Waals surface area contributed by atoms with Crippen LogP contribution in [0.4, 0.5) is 0 Å². The highest BCUT2D eigenvalue weighted by atomic mass is 16.5. The fourth-order valence-corrected chi connectivity index (χ4v) is 2.70. The summed E-state index contributed by atoms with van der Waals surface area (Å²) < 4.78 is 5.56. The smallest absolute Gasteiger partial charge is 0.223 e. The van der Waals surface area contributed by atoms with E-state index >= 15 is 0 Å². The number of rotatable bonds is 2. The summed E-state index contributed by atoms with van der Waals surface area (Å²) in [6, 6.07) is 0.236. The molecule has 0 radical (unpaired) electrons. The predicted octanol–water partition coefficient (Wildman–Crippen LogP) is 1.01. The molecule has 0 aromatic rings. The van der Waals surface area contributed by atoms with Crippen molar-refractivity contribution in [3.8, 4) is 0 Å². The van der Waals surface area contributed by atoms with Gasteiger partial charge in [0.1, 0.15) is 0 Å². The van der Waals surface area contributed by atoms with Crippen molar-refractivity contribution in [1.29, 1.82) is 0 Å². The average molecular weight is 240 g/mol. The van der Waals surface area contributed by atoms with E-state index in [0.717, 1.165) is 38.9 Å². The monoisotopic (exact) mass is 240 g/mol. The quantitative estimate of drug-likeness (QED) is 0.783. The van der Waals surface area contributed by atoms with Gasteiger partial charge in [-0.3, -0.25) is 4.79 Å². The molecular weight excluding hydrogens is 216 g/mol. The number of carbonyl (C=O) groups is 1. The molecule has 17 heavy (non-hydrogen) atoms. The van der Waals surface area contributed by atoms with Gasteiger partial charge < -0.3 is 15.0 Å². The van der Waals surface area contributed by atoms with E-state index < -0.39 is 0 Å². The third-order valence-electron chi connectivity index (χ3n) is 3.85. The first kappa shape index (κ1) is 12.8. The first-order valence-electron chi connectivity index (χ1n) is 6.78. The van der Waals surface area contributed by atoms with E-state index in [-0.39, 0.29) is 12.1 Å². The molecule has 0 unspecified atom stereocenters. The number of piperidine rings is 1. The van der Waals surface area contributed by atoms with E-state index in [1.165, 1.54) is 0 Å². The molecule has 98 valence electrons. The van der Waals surface area contributed by atoms with E-state index in [2.05, 4.69) is 12.2 Å². The molecule has 2 fully saturated rings. The molecule has 1 amide bonds. The summed E-state index contributed by atoms with van der Waals surface area (Å²) in [5, 5.41) is 3.34. The number of hydrogen-bond acceptors (Lipinski definition) is 3. The normalized spacial score (nSPS) is 31.5. The lowest BCUT2D eigenvalue weighted by Crippen LogP contribution is -2.50. The summed E-state index contributed by atoms with van der Waals surface area (Å²) in [5.41, 5.74) is 0. The third kappa shape index (κ3) is 3.42. The maximum atomic E-state index is 12.3. The maximum Gasteiger partial charge on any atom is 0.223 e. The Bertz CT molecular complexity index is 264. The number of hydrogen-bond donors (Lipinski definition) is 1. The largest absolute Gasteiger partial charge is 0.375 e. The van der Waals surface area contributed by atoms with Gasteiger partial charge in [-0.05, 0) is 45.7 Å². The summed E-state index contributed by atoms with van der Waals surface area (Å²) in [6.07, 6.45) is 3.18. The number of nitrogens with one attached hydrogen (secondary N) is 1. The van der Waals surface area contributed by atoms with Crippen molar-refractivity contribution in [2.75, 3.05) is 26.2 Å². The van der Waals surface area contributed by atoms with Gasteiger partial charge in [-0.25, -0.2) is 0 Å². The zero-order chi connectivity index (χ0) is 12.3. The van der Waals surface area contributed by atoms with Crippen molar-refractivity contribution in [1.82, 2.24) is 10.2 Å². The Morgan fingerprint density at radius 3 is 2.76 bits per heavy atom. The van der Waals surface area contributed by atoms with Crippen LogP contribution in [0.2, 0.25) is 0 Å². The van der Waals surface area contributed by atoms with E-state index in [9.17, 15) is 4.79 Å². The summed E-state index contributed by atoms with van der Waals surface area (Å²) in [6.45, 7) is 7.67. The van der Waals surface area contributed by atoms with Gasteiger partial charge >= 0.3 is 0 Å². The minimum atomic E-state index is 0.183. The summed E-state index contributed by atoms with van der Waals surface area (Å²) in [4.78, 5) is 14.3. The van der Waals surface area contributed by atoms with Crippen LogP contribution in [0.3, 0.4) is 0 Å². The SMILES string of the molecule is C[C@@H]1CN(C(=O)CC2CCNCC2)[C@@H](C)CO1. The lowest BCUT2D eigenvalue weighted by Gasteiger charge is -2.37. The summed E-state index contributed by atoms with van der Waals surface area (Å²) >= 11 is 0. The number of carbonyl (C=O) groups excluding carboxylic acids is 1. The van der Waals surface area contributed by atoms with Crippen molar-refractivity contribution < 1.29 is 9.53 Å². The first-order chi connectivity index (χ1) is 8.16.